The van der Waals surface area contributed by atoms with Crippen LogP contribution in [0, 0.1) is 16.7 Å². The van der Waals surface area contributed by atoms with E-state index in [4.69, 9.17) is 0 Å². The Bertz CT molecular complexity index is 705. The molecule has 26 heavy (non-hydrogen) atoms. The van der Waals surface area contributed by atoms with E-state index in [1.165, 1.54) is 0 Å². The predicted octanol–water partition coefficient (Wildman–Crippen LogP) is 5.42. The molecule has 0 saturated carbocycles. The fraction of sp³-hybridized carbons (Fsp3) is 0.522. The summed E-state index contributed by atoms with van der Waals surface area (Å²) in [5, 5.41) is 0. The van der Waals surface area contributed by atoms with Crippen LogP contribution in [0.25, 0.3) is 6.08 Å². The lowest BCUT2D eigenvalue weighted by Crippen LogP contribution is -2.28. The molecule has 0 amide bonds. The van der Waals surface area contributed by atoms with Crippen molar-refractivity contribution in [2.75, 3.05) is 0 Å². The van der Waals surface area contributed by atoms with E-state index in [9.17, 15) is 9.59 Å². The lowest BCUT2D eigenvalue weighted by Gasteiger charge is -2.30. The summed E-state index contributed by atoms with van der Waals surface area (Å²) in [4.78, 5) is 29.5. The van der Waals surface area contributed by atoms with Crippen LogP contribution in [0.4, 0.5) is 0 Å². The number of hydrogen-bond donors (Lipinski definition) is 0. The summed E-state index contributed by atoms with van der Waals surface area (Å²) in [6.07, 6.45) is 10.9. The number of carbonyl (C=O) groups is 2. The largest absolute Gasteiger partial charge is 0.294 e. The molecule has 1 aromatic heterocycles. The van der Waals surface area contributed by atoms with Gasteiger partial charge in [-0.3, -0.25) is 14.6 Å². The maximum Gasteiger partial charge on any atom is 0.163 e. The first kappa shape index (κ1) is 20.3. The molecule has 2 rings (SSSR count). The molecule has 0 spiro atoms. The molecular weight excluding hydrogens is 322 g/mol. The molecule has 0 bridgehead atoms. The Balaban J connectivity index is 2.06. The van der Waals surface area contributed by atoms with Crippen LogP contribution in [0.3, 0.4) is 0 Å². The van der Waals surface area contributed by atoms with Crippen molar-refractivity contribution in [2.45, 2.75) is 60.3 Å². The minimum atomic E-state index is -0.459. The summed E-state index contributed by atoms with van der Waals surface area (Å²) in [6.45, 7) is 9.89. The van der Waals surface area contributed by atoms with E-state index in [1.807, 2.05) is 52.8 Å². The van der Waals surface area contributed by atoms with Gasteiger partial charge in [0, 0.05) is 17.0 Å². The lowest BCUT2D eigenvalue weighted by molar-refractivity contribution is -0.122. The third-order valence-electron chi connectivity index (χ3n) is 4.96. The molecule has 140 valence electrons. The molecule has 1 atom stereocenters. The van der Waals surface area contributed by atoms with Crippen LogP contribution < -0.4 is 0 Å². The Morgan fingerprint density at radius 3 is 2.54 bits per heavy atom. The number of hydrogen-bond acceptors (Lipinski definition) is 3. The van der Waals surface area contributed by atoms with Gasteiger partial charge in [0.2, 0.25) is 0 Å². The number of allylic oxidation sites excluding steroid dienone is 3. The third-order valence-corrected chi connectivity index (χ3v) is 4.96. The minimum Gasteiger partial charge on any atom is -0.294 e. The summed E-state index contributed by atoms with van der Waals surface area (Å²) >= 11 is 0. The first-order valence-corrected chi connectivity index (χ1v) is 9.49. The van der Waals surface area contributed by atoms with Crippen LogP contribution in [-0.2, 0) is 9.59 Å². The SMILES string of the molecule is CC(C)(C)C(=O)C1=CC(CC(C)(C)C(=O)/C=C/c2ccccn2)CCC1. The summed E-state index contributed by atoms with van der Waals surface area (Å²) < 4.78 is 0. The number of pyridine rings is 1. The first-order chi connectivity index (χ1) is 12.1. The normalized spacial score (nSPS) is 18.7. The van der Waals surface area contributed by atoms with Crippen molar-refractivity contribution in [2.24, 2.45) is 16.7 Å². The van der Waals surface area contributed by atoms with Crippen LogP contribution in [0.1, 0.15) is 66.0 Å². The standard InChI is InChI=1S/C23H31NO2/c1-22(2,3)21(26)18-10-8-9-17(15-18)16-23(4,5)20(25)13-12-19-11-6-7-14-24-19/h6-7,11-15,17H,8-10,16H2,1-5H3/b13-12+. The monoisotopic (exact) mass is 353 g/mol. The van der Waals surface area contributed by atoms with E-state index in [2.05, 4.69) is 11.1 Å². The fourth-order valence-electron chi connectivity index (χ4n) is 3.46. The van der Waals surface area contributed by atoms with Crippen molar-refractivity contribution in [3.05, 3.63) is 47.8 Å². The number of rotatable bonds is 6. The van der Waals surface area contributed by atoms with Gasteiger partial charge in [0.1, 0.15) is 0 Å². The van der Waals surface area contributed by atoms with Gasteiger partial charge in [0.25, 0.3) is 0 Å². The van der Waals surface area contributed by atoms with E-state index in [0.29, 0.717) is 0 Å². The third kappa shape index (κ3) is 5.48. The Morgan fingerprint density at radius 2 is 1.92 bits per heavy atom. The van der Waals surface area contributed by atoms with Gasteiger partial charge in [-0.05, 0) is 61.5 Å². The van der Waals surface area contributed by atoms with Crippen molar-refractivity contribution in [1.82, 2.24) is 4.98 Å². The van der Waals surface area contributed by atoms with E-state index in [1.54, 1.807) is 18.3 Å². The van der Waals surface area contributed by atoms with Crippen molar-refractivity contribution in [1.29, 1.82) is 0 Å². The van der Waals surface area contributed by atoms with Crippen molar-refractivity contribution < 1.29 is 9.59 Å². The van der Waals surface area contributed by atoms with Crippen LogP contribution in [0.2, 0.25) is 0 Å². The van der Waals surface area contributed by atoms with E-state index in [-0.39, 0.29) is 22.9 Å². The van der Waals surface area contributed by atoms with Gasteiger partial charge in [-0.25, -0.2) is 0 Å². The number of nitrogens with zero attached hydrogens (tertiary/aromatic N) is 1. The van der Waals surface area contributed by atoms with Crippen LogP contribution in [-0.4, -0.2) is 16.6 Å². The van der Waals surface area contributed by atoms with Gasteiger partial charge in [-0.2, -0.15) is 0 Å². The van der Waals surface area contributed by atoms with Gasteiger partial charge in [-0.1, -0.05) is 46.8 Å². The van der Waals surface area contributed by atoms with Gasteiger partial charge >= 0.3 is 0 Å². The predicted molar refractivity (Wildman–Crippen MR) is 107 cm³/mol. The Labute approximate surface area is 157 Å². The molecule has 3 nitrogen and oxygen atoms in total. The highest BCUT2D eigenvalue weighted by atomic mass is 16.1. The number of ketones is 2. The van der Waals surface area contributed by atoms with E-state index in [0.717, 1.165) is 37.0 Å². The van der Waals surface area contributed by atoms with Crippen molar-refractivity contribution >= 4 is 17.6 Å². The summed E-state index contributed by atoms with van der Waals surface area (Å²) in [7, 11) is 0. The van der Waals surface area contributed by atoms with Crippen LogP contribution >= 0.6 is 0 Å². The average Bonchev–Trinajstić information content (AvgIpc) is 2.59. The molecule has 0 fully saturated rings. The number of Topliss-reactive ketones (excluding diaryl/α,β-unsaturated/α-hetero) is 1. The smallest absolute Gasteiger partial charge is 0.163 e. The average molecular weight is 354 g/mol. The Hall–Kier alpha value is -2.03. The highest BCUT2D eigenvalue weighted by Crippen LogP contribution is 2.36. The topological polar surface area (TPSA) is 47.0 Å². The fourth-order valence-corrected chi connectivity index (χ4v) is 3.46. The molecule has 1 heterocycles. The van der Waals surface area contributed by atoms with Gasteiger partial charge in [-0.15, -0.1) is 0 Å². The zero-order chi connectivity index (χ0) is 19.4. The van der Waals surface area contributed by atoms with Crippen LogP contribution in [0.15, 0.2) is 42.1 Å². The molecule has 3 heteroatoms. The first-order valence-electron chi connectivity index (χ1n) is 9.49. The Morgan fingerprint density at radius 1 is 1.19 bits per heavy atom. The molecule has 0 N–H and O–H groups in total. The molecule has 1 aliphatic rings. The van der Waals surface area contributed by atoms with Gasteiger partial charge in [0.15, 0.2) is 11.6 Å². The second-order valence-corrected chi connectivity index (χ2v) is 8.96. The quantitative estimate of drug-likeness (QED) is 0.641. The Kier molecular flexibility index (Phi) is 6.33. The zero-order valence-electron chi connectivity index (χ0n) is 16.7. The molecule has 0 aromatic carbocycles. The second-order valence-electron chi connectivity index (χ2n) is 8.96. The molecule has 1 aliphatic carbocycles. The highest BCUT2D eigenvalue weighted by molar-refractivity contribution is 5.99. The summed E-state index contributed by atoms with van der Waals surface area (Å²) in [5.74, 6) is 0.624. The zero-order valence-corrected chi connectivity index (χ0v) is 16.7. The maximum atomic E-state index is 12.7. The maximum absolute atomic E-state index is 12.7. The number of aromatic nitrogens is 1. The molecule has 1 unspecified atom stereocenters. The van der Waals surface area contributed by atoms with Crippen molar-refractivity contribution in [3.63, 3.8) is 0 Å². The highest BCUT2D eigenvalue weighted by Gasteiger charge is 2.32. The van der Waals surface area contributed by atoms with E-state index < -0.39 is 5.41 Å². The van der Waals surface area contributed by atoms with Gasteiger partial charge in [0.05, 0.1) is 5.69 Å². The summed E-state index contributed by atoms with van der Waals surface area (Å²) in [5.41, 5.74) is 0.928. The van der Waals surface area contributed by atoms with E-state index >= 15 is 0 Å². The second kappa shape index (κ2) is 8.11. The lowest BCUT2D eigenvalue weighted by atomic mass is 9.73. The molecule has 0 saturated heterocycles. The number of carbonyl (C=O) groups excluding carboxylic acids is 2. The van der Waals surface area contributed by atoms with Gasteiger partial charge < -0.3 is 0 Å². The summed E-state index contributed by atoms with van der Waals surface area (Å²) in [6, 6.07) is 5.64. The molecule has 1 aromatic rings. The van der Waals surface area contributed by atoms with Crippen molar-refractivity contribution in [3.8, 4) is 0 Å². The minimum absolute atomic E-state index is 0.103. The molecule has 0 radical (unpaired) electrons. The molecular formula is C23H31NO2. The molecule has 0 aliphatic heterocycles. The van der Waals surface area contributed by atoms with Crippen LogP contribution in [0.5, 0.6) is 0 Å².